The van der Waals surface area contributed by atoms with E-state index in [1.54, 1.807) is 0 Å². The molecule has 0 spiro atoms. The fraction of sp³-hybridized carbons (Fsp3) is 0.933. The van der Waals surface area contributed by atoms with Crippen molar-refractivity contribution in [1.82, 2.24) is 10.6 Å². The van der Waals surface area contributed by atoms with Crippen LogP contribution in [0.25, 0.3) is 0 Å². The van der Waals surface area contributed by atoms with Crippen molar-refractivity contribution < 1.29 is 4.74 Å². The van der Waals surface area contributed by atoms with Crippen LogP contribution in [0.15, 0.2) is 4.99 Å². The first-order valence-corrected chi connectivity index (χ1v) is 7.90. The standard InChI is InChI=1S/C15H29N3O/c1-16-15(17-9-2-4-13-5-6-13)18-10-3-11-19-12-14-7-8-14/h13-14H,2-12H2,1H3,(H2,16,17,18). The molecule has 2 aliphatic carbocycles. The second-order valence-corrected chi connectivity index (χ2v) is 5.88. The summed E-state index contributed by atoms with van der Waals surface area (Å²) < 4.78 is 5.60. The lowest BCUT2D eigenvalue weighted by atomic mass is 10.2. The van der Waals surface area contributed by atoms with Crippen LogP contribution in [0.5, 0.6) is 0 Å². The van der Waals surface area contributed by atoms with E-state index in [4.69, 9.17) is 4.74 Å². The molecule has 2 saturated carbocycles. The molecule has 0 saturated heterocycles. The summed E-state index contributed by atoms with van der Waals surface area (Å²) in [5, 5.41) is 6.71. The Hall–Kier alpha value is -0.770. The summed E-state index contributed by atoms with van der Waals surface area (Å²) in [6, 6.07) is 0. The largest absolute Gasteiger partial charge is 0.381 e. The molecule has 0 aromatic heterocycles. The van der Waals surface area contributed by atoms with Crippen LogP contribution in [0, 0.1) is 11.8 Å². The quantitative estimate of drug-likeness (QED) is 0.362. The third kappa shape index (κ3) is 7.41. The SMILES string of the molecule is CN=C(NCCCOCC1CC1)NCCCC1CC1. The summed E-state index contributed by atoms with van der Waals surface area (Å²) in [5.41, 5.74) is 0. The van der Waals surface area contributed by atoms with Crippen molar-refractivity contribution in [2.45, 2.75) is 44.9 Å². The number of rotatable bonds is 10. The van der Waals surface area contributed by atoms with Gasteiger partial charge in [-0.1, -0.05) is 12.8 Å². The number of nitrogens with one attached hydrogen (secondary N) is 2. The molecule has 0 aromatic carbocycles. The fourth-order valence-corrected chi connectivity index (χ4v) is 2.14. The fourth-order valence-electron chi connectivity index (χ4n) is 2.14. The Morgan fingerprint density at radius 2 is 1.74 bits per heavy atom. The van der Waals surface area contributed by atoms with Crippen molar-refractivity contribution >= 4 is 5.96 Å². The Morgan fingerprint density at radius 1 is 1.05 bits per heavy atom. The van der Waals surface area contributed by atoms with E-state index in [1.165, 1.54) is 38.5 Å². The highest BCUT2D eigenvalue weighted by Gasteiger charge is 2.21. The van der Waals surface area contributed by atoms with Crippen LogP contribution in [0.2, 0.25) is 0 Å². The van der Waals surface area contributed by atoms with Gasteiger partial charge in [0.1, 0.15) is 0 Å². The molecule has 0 heterocycles. The smallest absolute Gasteiger partial charge is 0.190 e. The lowest BCUT2D eigenvalue weighted by Gasteiger charge is -2.11. The van der Waals surface area contributed by atoms with Gasteiger partial charge in [-0.3, -0.25) is 4.99 Å². The molecule has 0 bridgehead atoms. The van der Waals surface area contributed by atoms with Gasteiger partial charge in [-0.15, -0.1) is 0 Å². The van der Waals surface area contributed by atoms with E-state index in [2.05, 4.69) is 15.6 Å². The lowest BCUT2D eigenvalue weighted by Crippen LogP contribution is -2.38. The Kier molecular flexibility index (Phi) is 6.48. The minimum absolute atomic E-state index is 0.863. The topological polar surface area (TPSA) is 45.7 Å². The summed E-state index contributed by atoms with van der Waals surface area (Å²) in [6.07, 6.45) is 9.33. The molecule has 2 N–H and O–H groups in total. The van der Waals surface area contributed by atoms with Gasteiger partial charge in [-0.05, 0) is 43.9 Å². The highest BCUT2D eigenvalue weighted by atomic mass is 16.5. The van der Waals surface area contributed by atoms with Crippen molar-refractivity contribution in [1.29, 1.82) is 0 Å². The molecule has 4 heteroatoms. The molecule has 0 aliphatic heterocycles. The predicted octanol–water partition coefficient (Wildman–Crippen LogP) is 2.16. The Labute approximate surface area is 117 Å². The molecule has 2 fully saturated rings. The van der Waals surface area contributed by atoms with Gasteiger partial charge in [0.05, 0.1) is 0 Å². The van der Waals surface area contributed by atoms with E-state index >= 15 is 0 Å². The number of ether oxygens (including phenoxy) is 1. The zero-order chi connectivity index (χ0) is 13.3. The van der Waals surface area contributed by atoms with Crippen molar-refractivity contribution in [2.75, 3.05) is 33.4 Å². The first kappa shape index (κ1) is 14.6. The zero-order valence-corrected chi connectivity index (χ0v) is 12.3. The van der Waals surface area contributed by atoms with Crippen molar-refractivity contribution in [3.8, 4) is 0 Å². The maximum atomic E-state index is 5.60. The highest BCUT2D eigenvalue weighted by molar-refractivity contribution is 5.79. The van der Waals surface area contributed by atoms with Gasteiger partial charge in [0.25, 0.3) is 0 Å². The number of hydrogen-bond donors (Lipinski definition) is 2. The second kappa shape index (κ2) is 8.41. The number of aliphatic imine (C=N–C) groups is 1. The third-order valence-electron chi connectivity index (χ3n) is 3.81. The molecule has 0 unspecified atom stereocenters. The molecule has 0 radical (unpaired) electrons. The maximum Gasteiger partial charge on any atom is 0.190 e. The van der Waals surface area contributed by atoms with Gasteiger partial charge in [-0.2, -0.15) is 0 Å². The van der Waals surface area contributed by atoms with E-state index in [0.29, 0.717) is 0 Å². The van der Waals surface area contributed by atoms with E-state index in [-0.39, 0.29) is 0 Å². The molecular weight excluding hydrogens is 238 g/mol. The van der Waals surface area contributed by atoms with E-state index in [0.717, 1.165) is 50.5 Å². The van der Waals surface area contributed by atoms with Crippen LogP contribution >= 0.6 is 0 Å². The van der Waals surface area contributed by atoms with Gasteiger partial charge in [0, 0.05) is 33.4 Å². The van der Waals surface area contributed by atoms with Gasteiger partial charge in [0.2, 0.25) is 0 Å². The van der Waals surface area contributed by atoms with Crippen molar-refractivity contribution in [2.24, 2.45) is 16.8 Å². The summed E-state index contributed by atoms with van der Waals surface area (Å²) in [5.74, 6) is 2.83. The first-order chi connectivity index (χ1) is 9.38. The zero-order valence-electron chi connectivity index (χ0n) is 12.3. The first-order valence-electron chi connectivity index (χ1n) is 7.90. The Morgan fingerprint density at radius 3 is 2.37 bits per heavy atom. The molecule has 4 nitrogen and oxygen atoms in total. The van der Waals surface area contributed by atoms with E-state index in [9.17, 15) is 0 Å². The minimum Gasteiger partial charge on any atom is -0.381 e. The monoisotopic (exact) mass is 267 g/mol. The molecule has 0 atom stereocenters. The van der Waals surface area contributed by atoms with Crippen molar-refractivity contribution in [3.63, 3.8) is 0 Å². The third-order valence-corrected chi connectivity index (χ3v) is 3.81. The Balaban J connectivity index is 1.38. The summed E-state index contributed by atoms with van der Waals surface area (Å²) >= 11 is 0. The lowest BCUT2D eigenvalue weighted by molar-refractivity contribution is 0.123. The summed E-state index contributed by atoms with van der Waals surface area (Å²) in [4.78, 5) is 4.23. The second-order valence-electron chi connectivity index (χ2n) is 5.88. The van der Waals surface area contributed by atoms with Gasteiger partial charge in [0.15, 0.2) is 5.96 Å². The van der Waals surface area contributed by atoms with Crippen LogP contribution in [-0.4, -0.2) is 39.3 Å². The maximum absolute atomic E-state index is 5.60. The molecule has 19 heavy (non-hydrogen) atoms. The molecule has 0 aromatic rings. The number of nitrogens with zero attached hydrogens (tertiary/aromatic N) is 1. The average Bonchev–Trinajstić information content (AvgIpc) is 3.29. The van der Waals surface area contributed by atoms with Gasteiger partial charge >= 0.3 is 0 Å². The highest BCUT2D eigenvalue weighted by Crippen LogP contribution is 2.33. The van der Waals surface area contributed by atoms with Crippen LogP contribution in [0.4, 0.5) is 0 Å². The van der Waals surface area contributed by atoms with E-state index in [1.807, 2.05) is 7.05 Å². The van der Waals surface area contributed by atoms with Crippen LogP contribution in [0.3, 0.4) is 0 Å². The summed E-state index contributed by atoms with van der Waals surface area (Å²) in [7, 11) is 1.83. The minimum atomic E-state index is 0.863. The molecule has 2 rings (SSSR count). The number of hydrogen-bond acceptors (Lipinski definition) is 2. The van der Waals surface area contributed by atoms with Crippen molar-refractivity contribution in [3.05, 3.63) is 0 Å². The van der Waals surface area contributed by atoms with Gasteiger partial charge < -0.3 is 15.4 Å². The normalized spacial score (nSPS) is 19.5. The number of guanidine groups is 1. The predicted molar refractivity (Wildman–Crippen MR) is 79.5 cm³/mol. The van der Waals surface area contributed by atoms with Gasteiger partial charge in [-0.25, -0.2) is 0 Å². The average molecular weight is 267 g/mol. The summed E-state index contributed by atoms with van der Waals surface area (Å²) in [6.45, 7) is 3.80. The van der Waals surface area contributed by atoms with Crippen LogP contribution < -0.4 is 10.6 Å². The molecule has 110 valence electrons. The van der Waals surface area contributed by atoms with Crippen LogP contribution in [0.1, 0.15) is 44.9 Å². The van der Waals surface area contributed by atoms with E-state index < -0.39 is 0 Å². The Bertz CT molecular complexity index is 273. The molecule has 0 amide bonds. The molecule has 2 aliphatic rings. The van der Waals surface area contributed by atoms with Crippen LogP contribution in [-0.2, 0) is 4.74 Å². The molecular formula is C15H29N3O.